The first-order valence-electron chi connectivity index (χ1n) is 11.7. The number of fused-ring (bicyclic) bond motifs is 2. The fourth-order valence-electron chi connectivity index (χ4n) is 4.67. The van der Waals surface area contributed by atoms with Gasteiger partial charge in [0.25, 0.3) is 11.5 Å². The summed E-state index contributed by atoms with van der Waals surface area (Å²) in [7, 11) is 0. The van der Waals surface area contributed by atoms with E-state index in [1.807, 2.05) is 0 Å². The second-order valence-corrected chi connectivity index (χ2v) is 8.91. The number of carbonyl (C=O) groups is 1. The lowest BCUT2D eigenvalue weighted by molar-refractivity contribution is 0.0938. The summed E-state index contributed by atoms with van der Waals surface area (Å²) < 4.78 is 11.8. The molecule has 1 fully saturated rings. The molecule has 3 heterocycles. The van der Waals surface area contributed by atoms with E-state index >= 15 is 0 Å². The van der Waals surface area contributed by atoms with E-state index in [9.17, 15) is 14.4 Å². The molecule has 2 aromatic carbocycles. The molecule has 2 aliphatic heterocycles. The van der Waals surface area contributed by atoms with Gasteiger partial charge in [0, 0.05) is 24.7 Å². The molecule has 5 rings (SSSR count). The van der Waals surface area contributed by atoms with Crippen molar-refractivity contribution in [1.82, 2.24) is 19.8 Å². The zero-order chi connectivity index (χ0) is 23.7. The predicted octanol–water partition coefficient (Wildman–Crippen LogP) is 2.07. The summed E-state index contributed by atoms with van der Waals surface area (Å²) in [6.45, 7) is 4.89. The van der Waals surface area contributed by atoms with Crippen molar-refractivity contribution in [2.24, 2.45) is 0 Å². The first-order valence-corrected chi connectivity index (χ1v) is 11.7. The maximum atomic E-state index is 13.0. The molecule has 1 amide bonds. The van der Waals surface area contributed by atoms with Crippen LogP contribution in [0, 0.1) is 0 Å². The summed E-state index contributed by atoms with van der Waals surface area (Å²) in [5, 5.41) is 3.29. The van der Waals surface area contributed by atoms with Gasteiger partial charge in [0.05, 0.1) is 17.4 Å². The molecule has 1 unspecified atom stereocenters. The Labute approximate surface area is 196 Å². The summed E-state index contributed by atoms with van der Waals surface area (Å²) in [5.41, 5.74) is 0.543. The molecule has 0 bridgehead atoms. The fourth-order valence-corrected chi connectivity index (χ4v) is 4.67. The van der Waals surface area contributed by atoms with E-state index in [4.69, 9.17) is 9.47 Å². The first-order chi connectivity index (χ1) is 16.5. The number of ether oxygens (including phenoxy) is 2. The number of carbonyl (C=O) groups excluding carboxylic acids is 1. The Morgan fingerprint density at radius 2 is 1.97 bits per heavy atom. The van der Waals surface area contributed by atoms with Gasteiger partial charge in [0.2, 0.25) is 6.79 Å². The third kappa shape index (κ3) is 4.43. The lowest BCUT2D eigenvalue weighted by atomic mass is 10.0. The smallest absolute Gasteiger partial charge is 0.329 e. The highest BCUT2D eigenvalue weighted by Crippen LogP contribution is 2.32. The Hall–Kier alpha value is -3.59. The molecule has 0 radical (unpaired) electrons. The molecule has 178 valence electrons. The minimum atomic E-state index is -0.535. The van der Waals surface area contributed by atoms with Gasteiger partial charge in [-0.05, 0) is 62.2 Å². The number of nitrogens with one attached hydrogen (secondary N) is 2. The molecular formula is C25H28N4O5. The lowest BCUT2D eigenvalue weighted by Crippen LogP contribution is -2.42. The van der Waals surface area contributed by atoms with Crippen molar-refractivity contribution in [2.45, 2.75) is 38.8 Å². The number of aromatic amines is 1. The molecule has 9 nitrogen and oxygen atoms in total. The number of H-pyrrole nitrogens is 1. The lowest BCUT2D eigenvalue weighted by Gasteiger charge is -2.33. The maximum Gasteiger partial charge on any atom is 0.329 e. The van der Waals surface area contributed by atoms with Crippen LogP contribution in [0.2, 0.25) is 0 Å². The monoisotopic (exact) mass is 464 g/mol. The van der Waals surface area contributed by atoms with Gasteiger partial charge < -0.3 is 19.8 Å². The van der Waals surface area contributed by atoms with Gasteiger partial charge in [-0.2, -0.15) is 0 Å². The van der Waals surface area contributed by atoms with Crippen LogP contribution in [0.4, 0.5) is 0 Å². The number of likely N-dealkylation sites (tertiary alicyclic amines) is 1. The van der Waals surface area contributed by atoms with Crippen LogP contribution in [-0.2, 0) is 6.54 Å². The maximum absolute atomic E-state index is 13.0. The minimum absolute atomic E-state index is 0.0951. The SMILES string of the molecule is CC1CCCCN1CCNC(=O)c1ccc2c(=O)n(Cc3ccc4c(c3)OCO4)c(=O)[nH]c2c1. The van der Waals surface area contributed by atoms with E-state index in [1.54, 1.807) is 36.4 Å². The molecular weight excluding hydrogens is 436 g/mol. The van der Waals surface area contributed by atoms with Gasteiger partial charge in [-0.25, -0.2) is 4.79 Å². The number of aromatic nitrogens is 2. The zero-order valence-electron chi connectivity index (χ0n) is 19.1. The van der Waals surface area contributed by atoms with Crippen LogP contribution in [0.5, 0.6) is 11.5 Å². The first kappa shape index (κ1) is 22.2. The largest absolute Gasteiger partial charge is 0.454 e. The van der Waals surface area contributed by atoms with Crippen LogP contribution in [0.25, 0.3) is 10.9 Å². The summed E-state index contributed by atoms with van der Waals surface area (Å²) >= 11 is 0. The molecule has 1 atom stereocenters. The summed E-state index contributed by atoms with van der Waals surface area (Å²) in [6, 6.07) is 10.6. The average Bonchev–Trinajstić information content (AvgIpc) is 3.30. The standard InChI is InChI=1S/C25H28N4O5/c1-16-4-2-3-10-28(16)11-9-26-23(30)18-6-7-19-20(13-18)27-25(32)29(24(19)31)14-17-5-8-21-22(12-17)34-15-33-21/h5-8,12-13,16H,2-4,9-11,14-15H2,1H3,(H,26,30)(H,27,32). The Morgan fingerprint density at radius 3 is 2.82 bits per heavy atom. The second-order valence-electron chi connectivity index (χ2n) is 8.91. The zero-order valence-corrected chi connectivity index (χ0v) is 19.1. The Morgan fingerprint density at radius 1 is 1.12 bits per heavy atom. The van der Waals surface area contributed by atoms with Crippen molar-refractivity contribution in [3.8, 4) is 11.5 Å². The minimum Gasteiger partial charge on any atom is -0.454 e. The van der Waals surface area contributed by atoms with E-state index in [-0.39, 0.29) is 19.2 Å². The molecule has 0 spiro atoms. The topological polar surface area (TPSA) is 106 Å². The van der Waals surface area contributed by atoms with E-state index in [2.05, 4.69) is 22.1 Å². The van der Waals surface area contributed by atoms with E-state index < -0.39 is 11.2 Å². The molecule has 9 heteroatoms. The van der Waals surface area contributed by atoms with Gasteiger partial charge >= 0.3 is 5.69 Å². The third-order valence-electron chi connectivity index (χ3n) is 6.65. The normalized spacial score (nSPS) is 17.7. The van der Waals surface area contributed by atoms with Gasteiger partial charge in [-0.1, -0.05) is 12.5 Å². The Bertz CT molecular complexity index is 1350. The van der Waals surface area contributed by atoms with Crippen LogP contribution in [0.1, 0.15) is 42.1 Å². The van der Waals surface area contributed by atoms with Crippen molar-refractivity contribution >= 4 is 16.8 Å². The number of rotatable bonds is 6. The number of hydrogen-bond acceptors (Lipinski definition) is 6. The highest BCUT2D eigenvalue weighted by molar-refractivity contribution is 5.97. The molecule has 2 N–H and O–H groups in total. The molecule has 3 aromatic rings. The van der Waals surface area contributed by atoms with E-state index in [1.165, 1.54) is 19.3 Å². The summed E-state index contributed by atoms with van der Waals surface area (Å²) in [5.74, 6) is 1.00. The number of piperidine rings is 1. The Kier molecular flexibility index (Phi) is 6.10. The van der Waals surface area contributed by atoms with Crippen molar-refractivity contribution < 1.29 is 14.3 Å². The van der Waals surface area contributed by atoms with Crippen LogP contribution in [0.3, 0.4) is 0 Å². The molecule has 0 aliphatic carbocycles. The second kappa shape index (κ2) is 9.34. The number of amides is 1. The van der Waals surface area contributed by atoms with Crippen LogP contribution >= 0.6 is 0 Å². The van der Waals surface area contributed by atoms with Crippen molar-refractivity contribution in [2.75, 3.05) is 26.4 Å². The quantitative estimate of drug-likeness (QED) is 0.579. The highest BCUT2D eigenvalue weighted by atomic mass is 16.7. The van der Waals surface area contributed by atoms with E-state index in [0.717, 1.165) is 23.2 Å². The van der Waals surface area contributed by atoms with Crippen LogP contribution in [0.15, 0.2) is 46.0 Å². The molecule has 1 saturated heterocycles. The van der Waals surface area contributed by atoms with Crippen molar-refractivity contribution in [1.29, 1.82) is 0 Å². The van der Waals surface area contributed by atoms with Gasteiger partial charge in [-0.15, -0.1) is 0 Å². The molecule has 2 aliphatic rings. The van der Waals surface area contributed by atoms with Gasteiger partial charge in [0.1, 0.15) is 0 Å². The Balaban J connectivity index is 1.31. The van der Waals surface area contributed by atoms with Gasteiger partial charge in [-0.3, -0.25) is 19.1 Å². The predicted molar refractivity (Wildman–Crippen MR) is 128 cm³/mol. The molecule has 1 aromatic heterocycles. The van der Waals surface area contributed by atoms with Gasteiger partial charge in [0.15, 0.2) is 11.5 Å². The molecule has 34 heavy (non-hydrogen) atoms. The third-order valence-corrected chi connectivity index (χ3v) is 6.65. The summed E-state index contributed by atoms with van der Waals surface area (Å²) in [6.07, 6.45) is 3.65. The molecule has 0 saturated carbocycles. The number of nitrogens with zero attached hydrogens (tertiary/aromatic N) is 2. The average molecular weight is 465 g/mol. The highest BCUT2D eigenvalue weighted by Gasteiger charge is 2.18. The number of benzene rings is 2. The van der Waals surface area contributed by atoms with Crippen molar-refractivity contribution in [3.05, 3.63) is 68.4 Å². The fraction of sp³-hybridized carbons (Fsp3) is 0.400. The van der Waals surface area contributed by atoms with E-state index in [0.29, 0.717) is 40.6 Å². The van der Waals surface area contributed by atoms with Crippen LogP contribution in [-0.4, -0.2) is 52.8 Å². The van der Waals surface area contributed by atoms with Crippen LogP contribution < -0.4 is 26.0 Å². The number of hydrogen-bond donors (Lipinski definition) is 2. The summed E-state index contributed by atoms with van der Waals surface area (Å²) in [4.78, 5) is 43.5. The van der Waals surface area contributed by atoms with Crippen molar-refractivity contribution in [3.63, 3.8) is 0 Å².